The lowest BCUT2D eigenvalue weighted by Gasteiger charge is -2.20. The molecule has 1 aliphatic carbocycles. The Kier molecular flexibility index (Phi) is 4.90. The first-order valence-electron chi connectivity index (χ1n) is 5.44. The molecule has 0 amide bonds. The van der Waals surface area contributed by atoms with Gasteiger partial charge in [0, 0.05) is 19.0 Å². The molecule has 0 aliphatic heterocycles. The third kappa shape index (κ3) is 4.32. The number of carbonyl (C=O) groups excluding carboxylic acids is 1. The van der Waals surface area contributed by atoms with Crippen LogP contribution in [0.25, 0.3) is 0 Å². The zero-order valence-electron chi connectivity index (χ0n) is 9.76. The Hall–Kier alpha value is -1.13. The first kappa shape index (κ1) is 13.9. The van der Waals surface area contributed by atoms with Crippen LogP contribution in [-0.4, -0.2) is 44.1 Å². The molecule has 0 saturated heterocycles. The average Bonchev–Trinajstić information content (AvgIpc) is 3.10. The minimum absolute atomic E-state index is 0.0194. The third-order valence-electron chi connectivity index (χ3n) is 2.55. The number of hydrogen-bond donors (Lipinski definition) is 0. The van der Waals surface area contributed by atoms with E-state index in [1.165, 1.54) is 11.4 Å². The van der Waals surface area contributed by atoms with Crippen LogP contribution in [-0.2, 0) is 19.6 Å². The highest BCUT2D eigenvalue weighted by molar-refractivity contribution is 7.89. The summed E-state index contributed by atoms with van der Waals surface area (Å²) in [4.78, 5) is 10.9. The molecule has 0 bridgehead atoms. The maximum absolute atomic E-state index is 11.9. The highest BCUT2D eigenvalue weighted by atomic mass is 32.2. The molecule has 0 spiro atoms. The molecule has 0 aromatic carbocycles. The Morgan fingerprint density at radius 1 is 1.53 bits per heavy atom. The van der Waals surface area contributed by atoms with Gasteiger partial charge >= 0.3 is 5.97 Å². The Labute approximate surface area is 101 Å². The van der Waals surface area contributed by atoms with E-state index in [0.717, 1.165) is 12.8 Å². The minimum Gasteiger partial charge on any atom is -0.469 e. The van der Waals surface area contributed by atoms with Crippen LogP contribution in [0.15, 0.2) is 0 Å². The van der Waals surface area contributed by atoms with Crippen molar-refractivity contribution in [3.8, 4) is 6.07 Å². The second kappa shape index (κ2) is 5.98. The number of esters is 1. The van der Waals surface area contributed by atoms with Gasteiger partial charge in [-0.25, -0.2) is 8.42 Å². The normalized spacial score (nSPS) is 15.6. The van der Waals surface area contributed by atoms with Crippen molar-refractivity contribution in [3.05, 3.63) is 0 Å². The molecule has 0 aromatic heterocycles. The molecule has 1 rings (SSSR count). The summed E-state index contributed by atoms with van der Waals surface area (Å²) in [5, 5.41) is 8.49. The van der Waals surface area contributed by atoms with Crippen molar-refractivity contribution in [3.63, 3.8) is 0 Å². The largest absolute Gasteiger partial charge is 0.469 e. The second-order valence-corrected chi connectivity index (χ2v) is 5.93. The topological polar surface area (TPSA) is 87.5 Å². The number of sulfonamides is 1. The van der Waals surface area contributed by atoms with E-state index in [1.54, 1.807) is 0 Å². The van der Waals surface area contributed by atoms with Gasteiger partial charge in [0.1, 0.15) is 0 Å². The Balaban J connectivity index is 2.58. The van der Waals surface area contributed by atoms with Crippen molar-refractivity contribution in [2.75, 3.05) is 19.4 Å². The molecular formula is C10H16N2O4S. The summed E-state index contributed by atoms with van der Waals surface area (Å²) >= 11 is 0. The van der Waals surface area contributed by atoms with E-state index in [1.807, 2.05) is 6.07 Å². The summed E-state index contributed by atoms with van der Waals surface area (Å²) in [6.45, 7) is 0.213. The first-order valence-corrected chi connectivity index (χ1v) is 7.05. The maximum Gasteiger partial charge on any atom is 0.306 e. The molecule has 0 atom stereocenters. The number of methoxy groups -OCH3 is 1. The van der Waals surface area contributed by atoms with Gasteiger partial charge in [0.2, 0.25) is 10.0 Å². The molecule has 0 unspecified atom stereocenters. The molecule has 7 heteroatoms. The molecule has 1 fully saturated rings. The van der Waals surface area contributed by atoms with Gasteiger partial charge in [-0.15, -0.1) is 0 Å². The van der Waals surface area contributed by atoms with Crippen molar-refractivity contribution < 1.29 is 17.9 Å². The predicted octanol–water partition coefficient (Wildman–Crippen LogP) is 0.257. The van der Waals surface area contributed by atoms with Crippen molar-refractivity contribution in [1.82, 2.24) is 4.31 Å². The van der Waals surface area contributed by atoms with Crippen molar-refractivity contribution >= 4 is 16.0 Å². The lowest BCUT2D eigenvalue weighted by Crippen LogP contribution is -2.36. The summed E-state index contributed by atoms with van der Waals surface area (Å²) < 4.78 is 29.6. The average molecular weight is 260 g/mol. The van der Waals surface area contributed by atoms with Gasteiger partial charge in [0.25, 0.3) is 0 Å². The fourth-order valence-corrected chi connectivity index (χ4v) is 3.20. The number of ether oxygens (including phenoxy) is 1. The molecule has 1 saturated carbocycles. The van der Waals surface area contributed by atoms with Crippen LogP contribution in [0.5, 0.6) is 0 Å². The van der Waals surface area contributed by atoms with Crippen LogP contribution in [0.2, 0.25) is 0 Å². The van der Waals surface area contributed by atoms with Crippen LogP contribution < -0.4 is 0 Å². The number of nitrogens with zero attached hydrogens (tertiary/aromatic N) is 2. The molecule has 17 heavy (non-hydrogen) atoms. The Morgan fingerprint density at radius 3 is 2.65 bits per heavy atom. The lowest BCUT2D eigenvalue weighted by molar-refractivity contribution is -0.140. The van der Waals surface area contributed by atoms with Gasteiger partial charge in [-0.3, -0.25) is 4.79 Å². The number of nitriles is 1. The van der Waals surface area contributed by atoms with Gasteiger partial charge < -0.3 is 4.74 Å². The Morgan fingerprint density at radius 2 is 2.18 bits per heavy atom. The van der Waals surface area contributed by atoms with Gasteiger partial charge in [-0.05, 0) is 12.8 Å². The number of carbonyl (C=O) groups is 1. The summed E-state index contributed by atoms with van der Waals surface area (Å²) in [7, 11) is -2.23. The highest BCUT2D eigenvalue weighted by Crippen LogP contribution is 2.29. The van der Waals surface area contributed by atoms with E-state index in [0.29, 0.717) is 0 Å². The van der Waals surface area contributed by atoms with Gasteiger partial charge in [-0.1, -0.05) is 0 Å². The van der Waals surface area contributed by atoms with E-state index in [9.17, 15) is 13.2 Å². The van der Waals surface area contributed by atoms with Crippen molar-refractivity contribution in [2.24, 2.45) is 0 Å². The van der Waals surface area contributed by atoms with E-state index >= 15 is 0 Å². The summed E-state index contributed by atoms with van der Waals surface area (Å²) in [5.41, 5.74) is 0. The van der Waals surface area contributed by atoms with E-state index < -0.39 is 16.0 Å². The third-order valence-corrected chi connectivity index (χ3v) is 4.46. The summed E-state index contributed by atoms with van der Waals surface area (Å²) in [5.74, 6) is -0.786. The van der Waals surface area contributed by atoms with Crippen LogP contribution in [0.4, 0.5) is 0 Å². The fraction of sp³-hybridized carbons (Fsp3) is 0.800. The molecular weight excluding hydrogens is 244 g/mol. The SMILES string of the molecule is COC(=O)CCS(=O)(=O)N(CCC#N)C1CC1. The van der Waals surface area contributed by atoms with Crippen LogP contribution in [0, 0.1) is 11.3 Å². The zero-order chi connectivity index (χ0) is 12.9. The molecule has 0 heterocycles. The molecule has 0 aromatic rings. The molecule has 0 radical (unpaired) electrons. The summed E-state index contributed by atoms with van der Waals surface area (Å²) in [6.07, 6.45) is 1.70. The van der Waals surface area contributed by atoms with E-state index in [2.05, 4.69) is 4.74 Å². The second-order valence-electron chi connectivity index (χ2n) is 3.89. The van der Waals surface area contributed by atoms with E-state index in [-0.39, 0.29) is 31.2 Å². The van der Waals surface area contributed by atoms with Gasteiger partial charge in [0.05, 0.1) is 25.4 Å². The van der Waals surface area contributed by atoms with Crippen LogP contribution >= 0.6 is 0 Å². The van der Waals surface area contributed by atoms with Gasteiger partial charge in [0.15, 0.2) is 0 Å². The molecule has 6 nitrogen and oxygen atoms in total. The molecule has 96 valence electrons. The Bertz CT molecular complexity index is 409. The standard InChI is InChI=1S/C10H16N2O4S/c1-16-10(13)5-8-17(14,15)12(7-2-6-11)9-3-4-9/h9H,2-5,7-8H2,1H3. The van der Waals surface area contributed by atoms with E-state index in [4.69, 9.17) is 5.26 Å². The minimum atomic E-state index is -3.46. The van der Waals surface area contributed by atoms with Crippen molar-refractivity contribution in [1.29, 1.82) is 5.26 Å². The monoisotopic (exact) mass is 260 g/mol. The van der Waals surface area contributed by atoms with Crippen LogP contribution in [0.1, 0.15) is 25.7 Å². The quantitative estimate of drug-likeness (QED) is 0.613. The van der Waals surface area contributed by atoms with Crippen LogP contribution in [0.3, 0.4) is 0 Å². The van der Waals surface area contributed by atoms with Gasteiger partial charge in [-0.2, -0.15) is 9.57 Å². The predicted molar refractivity (Wildman–Crippen MR) is 60.4 cm³/mol. The zero-order valence-corrected chi connectivity index (χ0v) is 10.6. The first-order chi connectivity index (χ1) is 8.01. The molecule has 1 aliphatic rings. The lowest BCUT2D eigenvalue weighted by atomic mass is 10.4. The fourth-order valence-electron chi connectivity index (χ4n) is 1.50. The molecule has 0 N–H and O–H groups in total. The summed E-state index contributed by atoms with van der Waals surface area (Å²) in [6, 6.07) is 1.95. The van der Waals surface area contributed by atoms with Crippen molar-refractivity contribution in [2.45, 2.75) is 31.7 Å². The number of hydrogen-bond acceptors (Lipinski definition) is 5. The number of rotatable bonds is 7. The maximum atomic E-state index is 11.9. The highest BCUT2D eigenvalue weighted by Gasteiger charge is 2.36. The smallest absolute Gasteiger partial charge is 0.306 e.